The molecule has 1 heterocycles. The fourth-order valence-corrected chi connectivity index (χ4v) is 1.47. The second kappa shape index (κ2) is 4.03. The van der Waals surface area contributed by atoms with Crippen LogP contribution in [0.5, 0.6) is 5.75 Å². The summed E-state index contributed by atoms with van der Waals surface area (Å²) in [7, 11) is 0. The van der Waals surface area contributed by atoms with E-state index in [0.717, 1.165) is 23.5 Å². The van der Waals surface area contributed by atoms with Gasteiger partial charge in [0.25, 0.3) is 0 Å². The normalized spacial score (nSPS) is 18.7. The Morgan fingerprint density at radius 1 is 1.60 bits per heavy atom. The van der Waals surface area contributed by atoms with E-state index in [0.29, 0.717) is 6.61 Å². The number of carbonyl (C=O) groups is 1. The van der Waals surface area contributed by atoms with Crippen LogP contribution in [0.15, 0.2) is 18.2 Å². The first-order valence-corrected chi connectivity index (χ1v) is 5.03. The molecule has 1 aromatic rings. The lowest BCUT2D eigenvalue weighted by Gasteiger charge is -2.07. The molecule has 3 nitrogen and oxygen atoms in total. The molecular formula is C12H14O3. The lowest BCUT2D eigenvalue weighted by Crippen LogP contribution is -2.05. The zero-order valence-corrected chi connectivity index (χ0v) is 8.95. The Hall–Kier alpha value is -1.35. The second-order valence-electron chi connectivity index (χ2n) is 3.80. The molecule has 0 bridgehead atoms. The van der Waals surface area contributed by atoms with Gasteiger partial charge in [0.05, 0.1) is 6.61 Å². The van der Waals surface area contributed by atoms with Gasteiger partial charge in [0.15, 0.2) is 5.78 Å². The summed E-state index contributed by atoms with van der Waals surface area (Å²) in [4.78, 5) is 11.2. The Morgan fingerprint density at radius 2 is 2.33 bits per heavy atom. The van der Waals surface area contributed by atoms with Crippen LogP contribution >= 0.6 is 0 Å². The Balaban J connectivity index is 2.06. The number of ether oxygens (including phenoxy) is 2. The Morgan fingerprint density at radius 3 is 2.87 bits per heavy atom. The van der Waals surface area contributed by atoms with Gasteiger partial charge in [-0.05, 0) is 37.6 Å². The van der Waals surface area contributed by atoms with Crippen molar-refractivity contribution in [2.24, 2.45) is 0 Å². The lowest BCUT2D eigenvalue weighted by molar-refractivity contribution is 0.101. The molecule has 1 fully saturated rings. The van der Waals surface area contributed by atoms with E-state index in [-0.39, 0.29) is 11.9 Å². The molecule has 0 spiro atoms. The third kappa shape index (κ3) is 2.57. The van der Waals surface area contributed by atoms with Crippen LogP contribution in [0.25, 0.3) is 0 Å². The lowest BCUT2D eigenvalue weighted by atomic mass is 10.1. The number of carbonyl (C=O) groups excluding carboxylic acids is 1. The van der Waals surface area contributed by atoms with Crippen molar-refractivity contribution in [1.29, 1.82) is 0 Å². The third-order valence-corrected chi connectivity index (χ3v) is 2.42. The topological polar surface area (TPSA) is 38.8 Å². The largest absolute Gasteiger partial charge is 0.491 e. The monoisotopic (exact) mass is 206 g/mol. The molecule has 0 unspecified atom stereocenters. The van der Waals surface area contributed by atoms with Gasteiger partial charge in [-0.15, -0.1) is 0 Å². The number of hydrogen-bond donors (Lipinski definition) is 0. The summed E-state index contributed by atoms with van der Waals surface area (Å²) in [5, 5.41) is 0. The summed E-state index contributed by atoms with van der Waals surface area (Å²) in [6.07, 6.45) is 0.262. The predicted octanol–water partition coefficient (Wildman–Crippen LogP) is 1.98. The number of ketones is 1. The average Bonchev–Trinajstić information content (AvgIpc) is 2.97. The molecule has 1 atom stereocenters. The van der Waals surface area contributed by atoms with Crippen molar-refractivity contribution in [3.63, 3.8) is 0 Å². The second-order valence-corrected chi connectivity index (χ2v) is 3.80. The van der Waals surface area contributed by atoms with Gasteiger partial charge in [0.1, 0.15) is 18.5 Å². The van der Waals surface area contributed by atoms with Crippen molar-refractivity contribution in [3.8, 4) is 5.75 Å². The molecule has 0 radical (unpaired) electrons. The van der Waals surface area contributed by atoms with Crippen molar-refractivity contribution in [3.05, 3.63) is 29.3 Å². The highest BCUT2D eigenvalue weighted by molar-refractivity contribution is 5.95. The van der Waals surface area contributed by atoms with E-state index >= 15 is 0 Å². The van der Waals surface area contributed by atoms with Gasteiger partial charge in [-0.2, -0.15) is 0 Å². The average molecular weight is 206 g/mol. The van der Waals surface area contributed by atoms with E-state index < -0.39 is 0 Å². The maximum atomic E-state index is 11.2. The predicted molar refractivity (Wildman–Crippen MR) is 56.4 cm³/mol. The summed E-state index contributed by atoms with van der Waals surface area (Å²) in [5.41, 5.74) is 1.71. The zero-order valence-electron chi connectivity index (χ0n) is 8.95. The Kier molecular flexibility index (Phi) is 2.73. The number of aryl methyl sites for hydroxylation is 1. The fourth-order valence-electron chi connectivity index (χ4n) is 1.47. The van der Waals surface area contributed by atoms with Gasteiger partial charge in [-0.1, -0.05) is 0 Å². The smallest absolute Gasteiger partial charge is 0.160 e. The summed E-state index contributed by atoms with van der Waals surface area (Å²) in [5.74, 6) is 0.887. The van der Waals surface area contributed by atoms with Gasteiger partial charge >= 0.3 is 0 Å². The molecule has 80 valence electrons. The van der Waals surface area contributed by atoms with Crippen molar-refractivity contribution >= 4 is 5.78 Å². The first kappa shape index (κ1) is 10.2. The maximum absolute atomic E-state index is 11.2. The summed E-state index contributed by atoms with van der Waals surface area (Å²) < 4.78 is 10.6. The summed E-state index contributed by atoms with van der Waals surface area (Å²) in [6, 6.07) is 5.52. The van der Waals surface area contributed by atoms with Gasteiger partial charge in [0.2, 0.25) is 0 Å². The van der Waals surface area contributed by atoms with Crippen LogP contribution in [0.3, 0.4) is 0 Å². The highest BCUT2D eigenvalue weighted by Crippen LogP contribution is 2.19. The highest BCUT2D eigenvalue weighted by Gasteiger charge is 2.23. The van der Waals surface area contributed by atoms with E-state index in [1.807, 2.05) is 19.1 Å². The Bertz CT molecular complexity index is 380. The fraction of sp³-hybridized carbons (Fsp3) is 0.417. The molecule has 1 aliphatic rings. The molecule has 1 aliphatic heterocycles. The van der Waals surface area contributed by atoms with E-state index in [4.69, 9.17) is 9.47 Å². The molecule has 0 saturated carbocycles. The van der Waals surface area contributed by atoms with Gasteiger partial charge < -0.3 is 9.47 Å². The molecule has 0 aromatic heterocycles. The Labute approximate surface area is 89.0 Å². The molecule has 1 saturated heterocycles. The van der Waals surface area contributed by atoms with Crippen molar-refractivity contribution < 1.29 is 14.3 Å². The molecule has 3 heteroatoms. The maximum Gasteiger partial charge on any atom is 0.160 e. The summed E-state index contributed by atoms with van der Waals surface area (Å²) in [6.45, 7) is 4.88. The first-order chi connectivity index (χ1) is 7.16. The van der Waals surface area contributed by atoms with Crippen LogP contribution in [0.4, 0.5) is 0 Å². The minimum absolute atomic E-state index is 0.0876. The zero-order chi connectivity index (χ0) is 10.8. The van der Waals surface area contributed by atoms with Gasteiger partial charge in [-0.25, -0.2) is 0 Å². The molecular weight excluding hydrogens is 192 g/mol. The molecule has 0 aliphatic carbocycles. The van der Waals surface area contributed by atoms with Crippen molar-refractivity contribution in [2.75, 3.05) is 13.2 Å². The number of benzene rings is 1. The molecule has 1 aromatic carbocycles. The van der Waals surface area contributed by atoms with E-state index in [1.54, 1.807) is 13.0 Å². The standard InChI is InChI=1S/C12H14O3/c1-8-5-10(14-6-11-7-15-11)3-4-12(8)9(2)13/h3-5,11H,6-7H2,1-2H3/t11-/m0/s1. The molecule has 15 heavy (non-hydrogen) atoms. The van der Waals surface area contributed by atoms with Crippen LogP contribution in [-0.2, 0) is 4.74 Å². The molecule has 0 amide bonds. The van der Waals surface area contributed by atoms with Crippen LogP contribution in [0, 0.1) is 6.92 Å². The third-order valence-electron chi connectivity index (χ3n) is 2.42. The van der Waals surface area contributed by atoms with E-state index in [1.165, 1.54) is 0 Å². The van der Waals surface area contributed by atoms with Gasteiger partial charge in [0, 0.05) is 5.56 Å². The highest BCUT2D eigenvalue weighted by atomic mass is 16.6. The van der Waals surface area contributed by atoms with Gasteiger partial charge in [-0.3, -0.25) is 4.79 Å². The van der Waals surface area contributed by atoms with Crippen LogP contribution in [0.2, 0.25) is 0 Å². The minimum atomic E-state index is 0.0876. The van der Waals surface area contributed by atoms with E-state index in [2.05, 4.69) is 0 Å². The number of hydrogen-bond acceptors (Lipinski definition) is 3. The number of Topliss-reactive ketones (excluding diaryl/α,β-unsaturated/α-hetero) is 1. The number of rotatable bonds is 4. The van der Waals surface area contributed by atoms with Crippen LogP contribution < -0.4 is 4.74 Å². The van der Waals surface area contributed by atoms with Crippen molar-refractivity contribution in [1.82, 2.24) is 0 Å². The van der Waals surface area contributed by atoms with Crippen LogP contribution in [0.1, 0.15) is 22.8 Å². The molecule has 0 N–H and O–H groups in total. The first-order valence-electron chi connectivity index (χ1n) is 5.03. The van der Waals surface area contributed by atoms with Crippen LogP contribution in [-0.4, -0.2) is 25.1 Å². The number of epoxide rings is 1. The van der Waals surface area contributed by atoms with Crippen molar-refractivity contribution in [2.45, 2.75) is 20.0 Å². The minimum Gasteiger partial charge on any atom is -0.491 e. The summed E-state index contributed by atoms with van der Waals surface area (Å²) >= 11 is 0. The SMILES string of the molecule is CC(=O)c1ccc(OC[C@H]2CO2)cc1C. The quantitative estimate of drug-likeness (QED) is 0.558. The molecule has 2 rings (SSSR count). The van der Waals surface area contributed by atoms with E-state index in [9.17, 15) is 4.79 Å².